The van der Waals surface area contributed by atoms with E-state index in [1.165, 1.54) is 25.2 Å². The molecule has 0 aliphatic heterocycles. The highest BCUT2D eigenvalue weighted by Gasteiger charge is 2.33. The molecule has 0 fully saturated rings. The lowest BCUT2D eigenvalue weighted by Crippen LogP contribution is -2.53. The summed E-state index contributed by atoms with van der Waals surface area (Å²) < 4.78 is 38.6. The van der Waals surface area contributed by atoms with Crippen LogP contribution >= 0.6 is 15.9 Å². The normalized spacial score (nSPS) is 11.8. The fraction of sp³-hybridized carbons (Fsp3) is 0.310. The maximum Gasteiger partial charge on any atom is 0.244 e. The molecule has 0 heterocycles. The molecule has 0 bridgehead atoms. The first-order valence-corrected chi connectivity index (χ1v) is 15.3. The first-order chi connectivity index (χ1) is 19.1. The molecule has 0 aromatic heterocycles. The standard InChI is InChI=1S/C29H34BrN3O6S/c1-5-31-29(35)26(17-21-10-7-6-8-11-21)32(19-22-12-9-13-23(30)16-22)28(34)20-33(40(4,36)37)25-18-24(38-2)14-15-27(25)39-3/h6-16,18,26H,5,17,19-20H2,1-4H3,(H,31,35)/t26-/m1/s1. The SMILES string of the molecule is CCNC(=O)[C@@H](Cc1ccccc1)N(Cc1cccc(Br)c1)C(=O)CN(c1cc(OC)ccc1OC)S(C)(=O)=O. The van der Waals surface area contributed by atoms with Crippen LogP contribution in [0.4, 0.5) is 5.69 Å². The Kier molecular flexibility index (Phi) is 11.0. The maximum absolute atomic E-state index is 14.1. The molecule has 0 saturated carbocycles. The second-order valence-corrected chi connectivity index (χ2v) is 11.9. The number of likely N-dealkylation sites (N-methyl/N-ethyl adjacent to an activating group) is 1. The van der Waals surface area contributed by atoms with Crippen molar-refractivity contribution in [2.45, 2.75) is 25.9 Å². The summed E-state index contributed by atoms with van der Waals surface area (Å²) in [6.07, 6.45) is 1.26. The van der Waals surface area contributed by atoms with Crippen LogP contribution in [0.1, 0.15) is 18.1 Å². The van der Waals surface area contributed by atoms with Crippen molar-refractivity contribution < 1.29 is 27.5 Å². The molecule has 0 unspecified atom stereocenters. The number of hydrogen-bond donors (Lipinski definition) is 1. The van der Waals surface area contributed by atoms with E-state index in [2.05, 4.69) is 21.2 Å². The third kappa shape index (κ3) is 8.22. The largest absolute Gasteiger partial charge is 0.497 e. The highest BCUT2D eigenvalue weighted by atomic mass is 79.9. The highest BCUT2D eigenvalue weighted by molar-refractivity contribution is 9.10. The summed E-state index contributed by atoms with van der Waals surface area (Å²) in [5.41, 5.74) is 1.79. The number of sulfonamides is 1. The number of ether oxygens (including phenoxy) is 2. The van der Waals surface area contributed by atoms with Crippen molar-refractivity contribution in [3.63, 3.8) is 0 Å². The van der Waals surface area contributed by atoms with Gasteiger partial charge in [-0.15, -0.1) is 0 Å². The summed E-state index contributed by atoms with van der Waals surface area (Å²) in [5, 5.41) is 2.84. The Bertz CT molecular complexity index is 1420. The number of hydrogen-bond acceptors (Lipinski definition) is 6. The Morgan fingerprint density at radius 3 is 2.25 bits per heavy atom. The topological polar surface area (TPSA) is 105 Å². The molecule has 3 aromatic rings. The molecule has 3 aromatic carbocycles. The molecular weight excluding hydrogens is 598 g/mol. The molecule has 0 aliphatic rings. The average Bonchev–Trinajstić information content (AvgIpc) is 2.93. The summed E-state index contributed by atoms with van der Waals surface area (Å²) in [7, 11) is -1.08. The van der Waals surface area contributed by atoms with Crippen LogP contribution in [-0.2, 0) is 32.6 Å². The van der Waals surface area contributed by atoms with Crippen molar-refractivity contribution in [2.75, 3.05) is 37.9 Å². The smallest absolute Gasteiger partial charge is 0.244 e. The van der Waals surface area contributed by atoms with Crippen LogP contribution in [0.2, 0.25) is 0 Å². The molecule has 11 heteroatoms. The Hall–Kier alpha value is -3.57. The molecule has 1 atom stereocenters. The van der Waals surface area contributed by atoms with Crippen LogP contribution in [0.25, 0.3) is 0 Å². The predicted octanol–water partition coefficient (Wildman–Crippen LogP) is 4.01. The van der Waals surface area contributed by atoms with Gasteiger partial charge in [0.1, 0.15) is 24.1 Å². The van der Waals surface area contributed by atoms with Crippen molar-refractivity contribution in [3.05, 3.63) is 88.4 Å². The minimum absolute atomic E-state index is 0.0831. The van der Waals surface area contributed by atoms with E-state index in [4.69, 9.17) is 9.47 Å². The first kappa shape index (κ1) is 31.0. The number of benzene rings is 3. The summed E-state index contributed by atoms with van der Waals surface area (Å²) in [5.74, 6) is -0.240. The third-order valence-electron chi connectivity index (χ3n) is 6.20. The fourth-order valence-electron chi connectivity index (χ4n) is 4.26. The zero-order chi connectivity index (χ0) is 29.3. The predicted molar refractivity (Wildman–Crippen MR) is 159 cm³/mol. The van der Waals surface area contributed by atoms with Gasteiger partial charge in [0.15, 0.2) is 0 Å². The number of carbonyl (C=O) groups is 2. The van der Waals surface area contributed by atoms with Crippen molar-refractivity contribution in [1.29, 1.82) is 0 Å². The zero-order valence-corrected chi connectivity index (χ0v) is 25.4. The lowest BCUT2D eigenvalue weighted by molar-refractivity contribution is -0.140. The molecular formula is C29H34BrN3O6S. The van der Waals surface area contributed by atoms with Gasteiger partial charge in [0.25, 0.3) is 0 Å². The Morgan fingerprint density at radius 2 is 1.65 bits per heavy atom. The minimum atomic E-state index is -3.96. The van der Waals surface area contributed by atoms with Crippen LogP contribution in [0, 0.1) is 0 Å². The number of halogens is 1. The van der Waals surface area contributed by atoms with E-state index in [0.29, 0.717) is 12.3 Å². The van der Waals surface area contributed by atoms with Gasteiger partial charge >= 0.3 is 0 Å². The van der Waals surface area contributed by atoms with Gasteiger partial charge in [-0.2, -0.15) is 0 Å². The number of amides is 2. The van der Waals surface area contributed by atoms with Gasteiger partial charge in [-0.3, -0.25) is 13.9 Å². The number of methoxy groups -OCH3 is 2. The molecule has 9 nitrogen and oxygen atoms in total. The van der Waals surface area contributed by atoms with Crippen molar-refractivity contribution >= 4 is 43.5 Å². The number of rotatable bonds is 13. The molecule has 0 radical (unpaired) electrons. The fourth-order valence-corrected chi connectivity index (χ4v) is 5.56. The number of nitrogens with zero attached hydrogens (tertiary/aromatic N) is 2. The van der Waals surface area contributed by atoms with Gasteiger partial charge < -0.3 is 19.7 Å². The quantitative estimate of drug-likeness (QED) is 0.306. The van der Waals surface area contributed by atoms with Gasteiger partial charge in [-0.1, -0.05) is 58.4 Å². The van der Waals surface area contributed by atoms with E-state index in [-0.39, 0.29) is 30.3 Å². The monoisotopic (exact) mass is 631 g/mol. The number of carbonyl (C=O) groups excluding carboxylic acids is 2. The van der Waals surface area contributed by atoms with Crippen molar-refractivity contribution in [1.82, 2.24) is 10.2 Å². The number of anilines is 1. The van der Waals surface area contributed by atoms with Crippen LogP contribution in [0.5, 0.6) is 11.5 Å². The molecule has 0 spiro atoms. The summed E-state index contributed by atoms with van der Waals surface area (Å²) in [6, 6.07) is 20.6. The summed E-state index contributed by atoms with van der Waals surface area (Å²) >= 11 is 3.46. The van der Waals surface area contributed by atoms with Gasteiger partial charge in [0, 0.05) is 30.0 Å². The van der Waals surface area contributed by atoms with E-state index in [0.717, 1.165) is 26.2 Å². The molecule has 214 valence electrons. The Morgan fingerprint density at radius 1 is 0.950 bits per heavy atom. The second kappa shape index (κ2) is 14.2. The first-order valence-electron chi connectivity index (χ1n) is 12.6. The molecule has 40 heavy (non-hydrogen) atoms. The lowest BCUT2D eigenvalue weighted by atomic mass is 10.0. The lowest BCUT2D eigenvalue weighted by Gasteiger charge is -2.33. The molecule has 0 aliphatic carbocycles. The van der Waals surface area contributed by atoms with Crippen molar-refractivity contribution in [2.24, 2.45) is 0 Å². The molecule has 0 saturated heterocycles. The van der Waals surface area contributed by atoms with E-state index < -0.39 is 28.5 Å². The molecule has 2 amide bonds. The number of nitrogens with one attached hydrogen (secondary N) is 1. The van der Waals surface area contributed by atoms with Crippen LogP contribution < -0.4 is 19.1 Å². The van der Waals surface area contributed by atoms with Crippen LogP contribution in [-0.4, -0.2) is 64.7 Å². The zero-order valence-electron chi connectivity index (χ0n) is 23.0. The van der Waals surface area contributed by atoms with E-state index >= 15 is 0 Å². The Balaban J connectivity index is 2.09. The van der Waals surface area contributed by atoms with E-state index in [9.17, 15) is 18.0 Å². The summed E-state index contributed by atoms with van der Waals surface area (Å²) in [4.78, 5) is 29.0. The average molecular weight is 633 g/mol. The highest BCUT2D eigenvalue weighted by Crippen LogP contribution is 2.34. The van der Waals surface area contributed by atoms with Crippen LogP contribution in [0.15, 0.2) is 77.3 Å². The summed E-state index contributed by atoms with van der Waals surface area (Å²) in [6.45, 7) is 1.71. The molecule has 1 N–H and O–H groups in total. The van der Waals surface area contributed by atoms with Gasteiger partial charge in [-0.05, 0) is 42.3 Å². The Labute approximate surface area is 244 Å². The van der Waals surface area contributed by atoms with Gasteiger partial charge in [0.05, 0.1) is 26.2 Å². The van der Waals surface area contributed by atoms with Gasteiger partial charge in [-0.25, -0.2) is 8.42 Å². The second-order valence-electron chi connectivity index (χ2n) is 9.06. The van der Waals surface area contributed by atoms with Gasteiger partial charge in [0.2, 0.25) is 21.8 Å². The van der Waals surface area contributed by atoms with E-state index in [1.54, 1.807) is 19.1 Å². The van der Waals surface area contributed by atoms with Crippen LogP contribution in [0.3, 0.4) is 0 Å². The van der Waals surface area contributed by atoms with E-state index in [1.807, 2.05) is 54.6 Å². The van der Waals surface area contributed by atoms with Crippen molar-refractivity contribution in [3.8, 4) is 11.5 Å². The minimum Gasteiger partial charge on any atom is -0.497 e. The molecule has 3 rings (SSSR count). The third-order valence-corrected chi connectivity index (χ3v) is 7.82. The maximum atomic E-state index is 14.1.